The highest BCUT2D eigenvalue weighted by molar-refractivity contribution is 5.99. The number of nitrogens with two attached hydrogens (primary N) is 1. The first-order valence-electron chi connectivity index (χ1n) is 6.95. The van der Waals surface area contributed by atoms with Crippen LogP contribution in [0.3, 0.4) is 0 Å². The Morgan fingerprint density at radius 2 is 2.16 bits per heavy atom. The number of nitrogen functional groups attached to an aromatic ring is 1. The standard InChI is InChI=1S/C15H24N2O2/c1-3-5-6-11(4-2)10-17-15(19)13-9-12(18)7-8-14(13)16/h7-9,11,18H,3-6,10,16H2,1-2H3,(H,17,19). The molecule has 1 rings (SSSR count). The Balaban J connectivity index is 2.56. The summed E-state index contributed by atoms with van der Waals surface area (Å²) >= 11 is 0. The van der Waals surface area contributed by atoms with Crippen molar-refractivity contribution in [2.75, 3.05) is 12.3 Å². The molecule has 4 heteroatoms. The second kappa shape index (κ2) is 7.67. The number of hydrogen-bond donors (Lipinski definition) is 3. The van der Waals surface area contributed by atoms with Gasteiger partial charge in [0.2, 0.25) is 0 Å². The molecule has 0 bridgehead atoms. The summed E-state index contributed by atoms with van der Waals surface area (Å²) in [5.74, 6) is 0.336. The van der Waals surface area contributed by atoms with Gasteiger partial charge in [-0.2, -0.15) is 0 Å². The van der Waals surface area contributed by atoms with E-state index in [0.29, 0.717) is 23.7 Å². The second-order valence-corrected chi connectivity index (χ2v) is 4.90. The molecule has 19 heavy (non-hydrogen) atoms. The van der Waals surface area contributed by atoms with Gasteiger partial charge in [0.1, 0.15) is 5.75 Å². The summed E-state index contributed by atoms with van der Waals surface area (Å²) in [5, 5.41) is 12.3. The van der Waals surface area contributed by atoms with Crippen molar-refractivity contribution in [3.05, 3.63) is 23.8 Å². The largest absolute Gasteiger partial charge is 0.508 e. The van der Waals surface area contributed by atoms with E-state index in [9.17, 15) is 9.90 Å². The lowest BCUT2D eigenvalue weighted by atomic mass is 9.99. The van der Waals surface area contributed by atoms with Crippen molar-refractivity contribution >= 4 is 11.6 Å². The molecular formula is C15H24N2O2. The summed E-state index contributed by atoms with van der Waals surface area (Å²) in [4.78, 5) is 12.0. The molecule has 0 fully saturated rings. The second-order valence-electron chi connectivity index (χ2n) is 4.90. The first-order valence-corrected chi connectivity index (χ1v) is 6.95. The molecule has 0 saturated heterocycles. The maximum absolute atomic E-state index is 12.0. The highest BCUT2D eigenvalue weighted by atomic mass is 16.3. The maximum Gasteiger partial charge on any atom is 0.253 e. The third-order valence-electron chi connectivity index (χ3n) is 3.38. The van der Waals surface area contributed by atoms with E-state index in [2.05, 4.69) is 19.2 Å². The molecule has 1 unspecified atom stereocenters. The number of phenolic OH excluding ortho intramolecular Hbond substituents is 1. The third kappa shape index (κ3) is 4.81. The number of hydrogen-bond acceptors (Lipinski definition) is 3. The van der Waals surface area contributed by atoms with Gasteiger partial charge in [-0.15, -0.1) is 0 Å². The minimum absolute atomic E-state index is 0.0531. The molecule has 0 aromatic heterocycles. The van der Waals surface area contributed by atoms with Crippen molar-refractivity contribution in [3.8, 4) is 5.75 Å². The molecule has 0 spiro atoms. The zero-order valence-electron chi connectivity index (χ0n) is 11.8. The first kappa shape index (κ1) is 15.3. The van der Waals surface area contributed by atoms with Crippen LogP contribution in [0.2, 0.25) is 0 Å². The molecular weight excluding hydrogens is 240 g/mol. The molecule has 1 atom stereocenters. The van der Waals surface area contributed by atoms with E-state index in [1.807, 2.05) is 0 Å². The van der Waals surface area contributed by atoms with E-state index < -0.39 is 0 Å². The van der Waals surface area contributed by atoms with E-state index in [4.69, 9.17) is 5.73 Å². The molecule has 0 aliphatic heterocycles. The number of nitrogens with one attached hydrogen (secondary N) is 1. The van der Waals surface area contributed by atoms with Crippen LogP contribution >= 0.6 is 0 Å². The van der Waals surface area contributed by atoms with Crippen LogP contribution in [0, 0.1) is 5.92 Å². The van der Waals surface area contributed by atoms with Crippen LogP contribution in [0.15, 0.2) is 18.2 Å². The number of carbonyl (C=O) groups is 1. The zero-order valence-corrected chi connectivity index (χ0v) is 11.8. The molecule has 0 saturated carbocycles. The number of amides is 1. The van der Waals surface area contributed by atoms with E-state index in [0.717, 1.165) is 12.8 Å². The average Bonchev–Trinajstić information content (AvgIpc) is 2.41. The van der Waals surface area contributed by atoms with E-state index in [-0.39, 0.29) is 11.7 Å². The fourth-order valence-electron chi connectivity index (χ4n) is 2.02. The smallest absolute Gasteiger partial charge is 0.253 e. The van der Waals surface area contributed by atoms with Gasteiger partial charge in [-0.1, -0.05) is 33.1 Å². The number of unbranched alkanes of at least 4 members (excludes halogenated alkanes) is 1. The molecule has 0 aliphatic rings. The van der Waals surface area contributed by atoms with Crippen LogP contribution in [0.1, 0.15) is 49.9 Å². The Labute approximate surface area is 115 Å². The summed E-state index contributed by atoms with van der Waals surface area (Å²) in [6, 6.07) is 4.42. The summed E-state index contributed by atoms with van der Waals surface area (Å²) in [7, 11) is 0. The molecule has 1 aromatic carbocycles. The molecule has 4 N–H and O–H groups in total. The number of anilines is 1. The van der Waals surface area contributed by atoms with Gasteiger partial charge >= 0.3 is 0 Å². The maximum atomic E-state index is 12.0. The van der Waals surface area contributed by atoms with Crippen LogP contribution < -0.4 is 11.1 Å². The number of benzene rings is 1. The highest BCUT2D eigenvalue weighted by Crippen LogP contribution is 2.18. The Morgan fingerprint density at radius 3 is 2.79 bits per heavy atom. The zero-order chi connectivity index (χ0) is 14.3. The minimum atomic E-state index is -0.219. The molecule has 106 valence electrons. The predicted molar refractivity (Wildman–Crippen MR) is 78.2 cm³/mol. The Bertz CT molecular complexity index is 419. The molecule has 0 radical (unpaired) electrons. The SMILES string of the molecule is CCCCC(CC)CNC(=O)c1cc(O)ccc1N. The number of aromatic hydroxyl groups is 1. The summed E-state index contributed by atoms with van der Waals surface area (Å²) < 4.78 is 0. The van der Waals surface area contributed by atoms with Gasteiger partial charge < -0.3 is 16.2 Å². The molecule has 1 aromatic rings. The van der Waals surface area contributed by atoms with Crippen LogP contribution in [-0.4, -0.2) is 17.6 Å². The average molecular weight is 264 g/mol. The number of rotatable bonds is 7. The molecule has 4 nitrogen and oxygen atoms in total. The van der Waals surface area contributed by atoms with E-state index in [1.165, 1.54) is 25.0 Å². The lowest BCUT2D eigenvalue weighted by molar-refractivity contribution is 0.0946. The quantitative estimate of drug-likeness (QED) is 0.523. The van der Waals surface area contributed by atoms with Crippen molar-refractivity contribution in [3.63, 3.8) is 0 Å². The van der Waals surface area contributed by atoms with Crippen LogP contribution in [0.5, 0.6) is 5.75 Å². The van der Waals surface area contributed by atoms with Crippen molar-refractivity contribution in [1.29, 1.82) is 0 Å². The topological polar surface area (TPSA) is 75.3 Å². The summed E-state index contributed by atoms with van der Waals surface area (Å²) in [6.45, 7) is 4.96. The Kier molecular flexibility index (Phi) is 6.19. The van der Waals surface area contributed by atoms with Gasteiger partial charge in [-0.05, 0) is 30.5 Å². The minimum Gasteiger partial charge on any atom is -0.508 e. The van der Waals surface area contributed by atoms with Gasteiger partial charge in [0, 0.05) is 12.2 Å². The van der Waals surface area contributed by atoms with Crippen LogP contribution in [-0.2, 0) is 0 Å². The number of phenols is 1. The predicted octanol–water partition coefficient (Wildman–Crippen LogP) is 2.92. The fourth-order valence-corrected chi connectivity index (χ4v) is 2.02. The lowest BCUT2D eigenvalue weighted by Crippen LogP contribution is -2.29. The Morgan fingerprint density at radius 1 is 1.42 bits per heavy atom. The van der Waals surface area contributed by atoms with Gasteiger partial charge in [-0.25, -0.2) is 0 Å². The van der Waals surface area contributed by atoms with Gasteiger partial charge in [0.05, 0.1) is 5.56 Å². The fraction of sp³-hybridized carbons (Fsp3) is 0.533. The summed E-state index contributed by atoms with van der Waals surface area (Å²) in [6.07, 6.45) is 4.53. The van der Waals surface area contributed by atoms with Gasteiger partial charge in [0.25, 0.3) is 5.91 Å². The Hall–Kier alpha value is -1.71. The monoisotopic (exact) mass is 264 g/mol. The van der Waals surface area contributed by atoms with Crippen molar-refractivity contribution in [2.24, 2.45) is 5.92 Å². The van der Waals surface area contributed by atoms with Gasteiger partial charge in [0.15, 0.2) is 0 Å². The van der Waals surface area contributed by atoms with E-state index >= 15 is 0 Å². The third-order valence-corrected chi connectivity index (χ3v) is 3.38. The van der Waals surface area contributed by atoms with Crippen LogP contribution in [0.4, 0.5) is 5.69 Å². The van der Waals surface area contributed by atoms with Crippen molar-refractivity contribution in [2.45, 2.75) is 39.5 Å². The number of carbonyl (C=O) groups excluding carboxylic acids is 1. The lowest BCUT2D eigenvalue weighted by Gasteiger charge is -2.15. The van der Waals surface area contributed by atoms with E-state index in [1.54, 1.807) is 6.07 Å². The molecule has 1 amide bonds. The van der Waals surface area contributed by atoms with Crippen LogP contribution in [0.25, 0.3) is 0 Å². The van der Waals surface area contributed by atoms with Crippen molar-refractivity contribution in [1.82, 2.24) is 5.32 Å². The summed E-state index contributed by atoms with van der Waals surface area (Å²) in [5.41, 5.74) is 6.46. The molecule has 0 heterocycles. The normalized spacial score (nSPS) is 12.1. The van der Waals surface area contributed by atoms with Crippen molar-refractivity contribution < 1.29 is 9.90 Å². The first-order chi connectivity index (χ1) is 9.08. The van der Waals surface area contributed by atoms with Gasteiger partial charge in [-0.3, -0.25) is 4.79 Å². The molecule has 0 aliphatic carbocycles. The highest BCUT2D eigenvalue weighted by Gasteiger charge is 2.12.